The zero-order valence-corrected chi connectivity index (χ0v) is 12.7. The Bertz CT molecular complexity index is 639. The molecule has 0 atom stereocenters. The Morgan fingerprint density at radius 2 is 2.16 bits per heavy atom. The van der Waals surface area contributed by atoms with Gasteiger partial charge in [0, 0.05) is 15.4 Å². The Hall–Kier alpha value is -1.27. The third-order valence-corrected chi connectivity index (χ3v) is 4.21. The summed E-state index contributed by atoms with van der Waals surface area (Å²) >= 11 is 4.51. The third kappa shape index (κ3) is 2.69. The first kappa shape index (κ1) is 14.1. The molecule has 3 nitrogen and oxygen atoms in total. The average molecular weight is 344 g/mol. The highest BCUT2D eigenvalue weighted by Crippen LogP contribution is 2.32. The minimum atomic E-state index is -1.09. The van der Waals surface area contributed by atoms with E-state index in [0.29, 0.717) is 16.3 Å². The van der Waals surface area contributed by atoms with Crippen LogP contribution in [-0.2, 0) is 10.2 Å². The molecule has 6 heteroatoms. The maximum atomic E-state index is 13.7. The monoisotopic (exact) mass is 343 g/mol. The molecule has 0 bridgehead atoms. The zero-order valence-electron chi connectivity index (χ0n) is 10.3. The number of nitrogens with zero attached hydrogens (tertiary/aromatic N) is 1. The number of aliphatic carboxylic acids is 1. The van der Waals surface area contributed by atoms with Gasteiger partial charge < -0.3 is 5.11 Å². The molecule has 100 valence electrons. The Morgan fingerprint density at radius 1 is 1.47 bits per heavy atom. The van der Waals surface area contributed by atoms with Gasteiger partial charge >= 0.3 is 5.97 Å². The Morgan fingerprint density at radius 3 is 2.79 bits per heavy atom. The van der Waals surface area contributed by atoms with E-state index in [4.69, 9.17) is 5.11 Å². The summed E-state index contributed by atoms with van der Waals surface area (Å²) in [5.41, 5.74) is -0.289. The van der Waals surface area contributed by atoms with Crippen LogP contribution in [0.2, 0.25) is 0 Å². The van der Waals surface area contributed by atoms with Crippen LogP contribution in [0.25, 0.3) is 10.6 Å². The summed E-state index contributed by atoms with van der Waals surface area (Å²) in [6, 6.07) is 4.59. The van der Waals surface area contributed by atoms with Crippen LogP contribution in [0, 0.1) is 5.82 Å². The fraction of sp³-hybridized carbons (Fsp3) is 0.231. The van der Waals surface area contributed by atoms with Crippen LogP contribution >= 0.6 is 27.3 Å². The van der Waals surface area contributed by atoms with E-state index < -0.39 is 11.4 Å². The highest BCUT2D eigenvalue weighted by Gasteiger charge is 2.32. The lowest BCUT2D eigenvalue weighted by Gasteiger charge is -2.15. The quantitative estimate of drug-likeness (QED) is 0.913. The second-order valence-electron chi connectivity index (χ2n) is 4.59. The fourth-order valence-corrected chi connectivity index (χ4v) is 2.82. The smallest absolute Gasteiger partial charge is 0.315 e. The summed E-state index contributed by atoms with van der Waals surface area (Å²) in [4.78, 5) is 15.4. The van der Waals surface area contributed by atoms with Crippen molar-refractivity contribution in [1.82, 2.24) is 4.98 Å². The van der Waals surface area contributed by atoms with Crippen LogP contribution in [0.1, 0.15) is 19.5 Å². The van der Waals surface area contributed by atoms with Crippen molar-refractivity contribution >= 4 is 33.2 Å². The molecule has 0 unspecified atom stereocenters. The van der Waals surface area contributed by atoms with Gasteiger partial charge in [-0.05, 0) is 32.0 Å². The number of rotatable bonds is 3. The number of halogens is 2. The van der Waals surface area contributed by atoms with Gasteiger partial charge in [-0.1, -0.05) is 15.9 Å². The molecule has 0 amide bonds. The van der Waals surface area contributed by atoms with Gasteiger partial charge in [-0.25, -0.2) is 9.37 Å². The number of benzene rings is 1. The molecule has 0 spiro atoms. The second kappa shape index (κ2) is 5.02. The summed E-state index contributed by atoms with van der Waals surface area (Å²) in [6.07, 6.45) is 0. The topological polar surface area (TPSA) is 50.2 Å². The molecule has 1 N–H and O–H groups in total. The van der Waals surface area contributed by atoms with Crippen LogP contribution in [0.5, 0.6) is 0 Å². The molecule has 0 saturated heterocycles. The predicted molar refractivity (Wildman–Crippen MR) is 75.9 cm³/mol. The Balaban J connectivity index is 2.47. The van der Waals surface area contributed by atoms with E-state index in [1.54, 1.807) is 31.4 Å². The minimum Gasteiger partial charge on any atom is -0.481 e. The van der Waals surface area contributed by atoms with Gasteiger partial charge in [0.1, 0.15) is 16.2 Å². The molecule has 0 aliphatic rings. The zero-order chi connectivity index (χ0) is 14.2. The lowest BCUT2D eigenvalue weighted by molar-refractivity contribution is -0.142. The van der Waals surface area contributed by atoms with Crippen LogP contribution in [0.3, 0.4) is 0 Å². The first-order valence-electron chi connectivity index (χ1n) is 5.47. The van der Waals surface area contributed by atoms with Gasteiger partial charge in [0.25, 0.3) is 0 Å². The van der Waals surface area contributed by atoms with Crippen molar-refractivity contribution in [3.63, 3.8) is 0 Å². The molecule has 0 aliphatic heterocycles. The lowest BCUT2D eigenvalue weighted by Crippen LogP contribution is -2.28. The number of carboxylic acid groups (broad SMARTS) is 1. The van der Waals surface area contributed by atoms with E-state index in [0.717, 1.165) is 4.47 Å². The van der Waals surface area contributed by atoms with Gasteiger partial charge in [-0.3, -0.25) is 4.79 Å². The maximum absolute atomic E-state index is 13.7. The highest BCUT2D eigenvalue weighted by atomic mass is 79.9. The molecule has 2 rings (SSSR count). The molecule has 1 aromatic heterocycles. The molecule has 0 aliphatic carbocycles. The van der Waals surface area contributed by atoms with Crippen molar-refractivity contribution in [1.29, 1.82) is 0 Å². The van der Waals surface area contributed by atoms with Gasteiger partial charge in [0.15, 0.2) is 0 Å². The minimum absolute atomic E-state index is 0.367. The van der Waals surface area contributed by atoms with Crippen molar-refractivity contribution in [3.8, 4) is 10.6 Å². The van der Waals surface area contributed by atoms with Gasteiger partial charge in [-0.15, -0.1) is 11.3 Å². The van der Waals surface area contributed by atoms with Crippen LogP contribution in [0.4, 0.5) is 4.39 Å². The van der Waals surface area contributed by atoms with Crippen molar-refractivity contribution in [2.75, 3.05) is 0 Å². The van der Waals surface area contributed by atoms with E-state index in [1.165, 1.54) is 17.4 Å². The maximum Gasteiger partial charge on any atom is 0.315 e. The molecule has 0 radical (unpaired) electrons. The Labute approximate surface area is 122 Å². The van der Waals surface area contributed by atoms with Crippen molar-refractivity contribution in [3.05, 3.63) is 39.6 Å². The molecule has 0 fully saturated rings. The lowest BCUT2D eigenvalue weighted by atomic mass is 9.90. The second-order valence-corrected chi connectivity index (χ2v) is 6.37. The van der Waals surface area contributed by atoms with E-state index in [-0.39, 0.29) is 5.82 Å². The first-order chi connectivity index (χ1) is 8.82. The summed E-state index contributed by atoms with van der Waals surface area (Å²) in [5, 5.41) is 11.3. The average Bonchev–Trinajstić information content (AvgIpc) is 2.82. The van der Waals surface area contributed by atoms with Crippen molar-refractivity contribution < 1.29 is 14.3 Å². The number of carbonyl (C=O) groups is 1. The molecular weight excluding hydrogens is 333 g/mol. The molecule has 2 aromatic rings. The Kier molecular flexibility index (Phi) is 3.73. The predicted octanol–water partition coefficient (Wildman–Crippen LogP) is 4.07. The van der Waals surface area contributed by atoms with Gasteiger partial charge in [0.2, 0.25) is 0 Å². The van der Waals surface area contributed by atoms with E-state index >= 15 is 0 Å². The molecule has 0 saturated carbocycles. The summed E-state index contributed by atoms with van der Waals surface area (Å²) in [6.45, 7) is 3.15. The largest absolute Gasteiger partial charge is 0.481 e. The number of hydrogen-bond acceptors (Lipinski definition) is 3. The summed E-state index contributed by atoms with van der Waals surface area (Å²) in [5.74, 6) is -1.34. The first-order valence-corrected chi connectivity index (χ1v) is 7.14. The van der Waals surface area contributed by atoms with E-state index in [9.17, 15) is 9.18 Å². The highest BCUT2D eigenvalue weighted by molar-refractivity contribution is 9.10. The number of hydrogen-bond donors (Lipinski definition) is 1. The number of aromatic nitrogens is 1. The summed E-state index contributed by atoms with van der Waals surface area (Å²) < 4.78 is 14.5. The SMILES string of the molecule is CC(C)(C(=O)O)c1csc(-c2cc(Br)ccc2F)n1. The van der Waals surface area contributed by atoms with Crippen LogP contribution in [-0.4, -0.2) is 16.1 Å². The number of thiazole rings is 1. The standard InChI is InChI=1S/C13H11BrFNO2S/c1-13(2,12(17)18)10-6-19-11(16-10)8-5-7(14)3-4-9(8)15/h3-6H,1-2H3,(H,17,18). The summed E-state index contributed by atoms with van der Waals surface area (Å²) in [7, 11) is 0. The van der Waals surface area contributed by atoms with E-state index in [1.807, 2.05) is 0 Å². The van der Waals surface area contributed by atoms with Crippen LogP contribution < -0.4 is 0 Å². The third-order valence-electron chi connectivity index (χ3n) is 2.84. The molecule has 19 heavy (non-hydrogen) atoms. The van der Waals surface area contributed by atoms with Crippen molar-refractivity contribution in [2.45, 2.75) is 19.3 Å². The van der Waals surface area contributed by atoms with Crippen LogP contribution in [0.15, 0.2) is 28.1 Å². The van der Waals surface area contributed by atoms with E-state index in [2.05, 4.69) is 20.9 Å². The van der Waals surface area contributed by atoms with Gasteiger partial charge in [-0.2, -0.15) is 0 Å². The fourth-order valence-electron chi connectivity index (χ4n) is 1.46. The molecule has 1 aromatic carbocycles. The van der Waals surface area contributed by atoms with Crippen molar-refractivity contribution in [2.24, 2.45) is 0 Å². The molecule has 1 heterocycles. The molecular formula is C13H11BrFNO2S. The normalized spacial score (nSPS) is 11.6. The van der Waals surface area contributed by atoms with Gasteiger partial charge in [0.05, 0.1) is 5.69 Å². The number of carboxylic acids is 1.